The molecule has 1 amide bonds. The minimum atomic E-state index is -0.578. The predicted molar refractivity (Wildman–Crippen MR) is 63.3 cm³/mol. The highest BCUT2D eigenvalue weighted by molar-refractivity contribution is 9.10. The third kappa shape index (κ3) is 2.95. The molecule has 0 unspecified atom stereocenters. The number of ether oxygens (including phenoxy) is 1. The zero-order valence-electron chi connectivity index (χ0n) is 9.30. The Labute approximate surface area is 102 Å². The van der Waals surface area contributed by atoms with Crippen LogP contribution in [0.5, 0.6) is 5.75 Å². The molecule has 0 saturated carbocycles. The first kappa shape index (κ1) is 13.0. The Morgan fingerprint density at radius 3 is 2.62 bits per heavy atom. The van der Waals surface area contributed by atoms with E-state index in [1.54, 1.807) is 0 Å². The summed E-state index contributed by atoms with van der Waals surface area (Å²) in [5, 5.41) is 2.62. The minimum Gasteiger partial charge on any atom is -0.496 e. The molecule has 0 aromatic heterocycles. The van der Waals surface area contributed by atoms with Gasteiger partial charge < -0.3 is 10.1 Å². The van der Waals surface area contributed by atoms with Crippen LogP contribution in [0, 0.1) is 5.82 Å². The van der Waals surface area contributed by atoms with Gasteiger partial charge in [0, 0.05) is 6.04 Å². The summed E-state index contributed by atoms with van der Waals surface area (Å²) < 4.78 is 19.0. The number of halogens is 2. The molecule has 0 bridgehead atoms. The molecule has 0 aliphatic rings. The molecule has 0 fully saturated rings. The highest BCUT2D eigenvalue weighted by atomic mass is 79.9. The smallest absolute Gasteiger partial charge is 0.254 e. The second-order valence-electron chi connectivity index (χ2n) is 3.59. The third-order valence-corrected chi connectivity index (χ3v) is 2.53. The number of rotatable bonds is 3. The Bertz CT molecular complexity index is 407. The van der Waals surface area contributed by atoms with E-state index in [4.69, 9.17) is 4.74 Å². The lowest BCUT2D eigenvalue weighted by Gasteiger charge is -2.11. The standard InChI is InChI=1S/C11H13BrFNO2/c1-6(2)14-11(15)7-4-10(16-3)8(12)5-9(7)13/h4-6H,1-3H3,(H,14,15). The second kappa shape index (κ2) is 5.30. The highest BCUT2D eigenvalue weighted by Crippen LogP contribution is 2.27. The molecule has 1 N–H and O–H groups in total. The van der Waals surface area contributed by atoms with Gasteiger partial charge in [0.1, 0.15) is 11.6 Å². The molecule has 0 saturated heterocycles. The molecule has 0 aliphatic carbocycles. The van der Waals surface area contributed by atoms with Crippen LogP contribution in [-0.2, 0) is 0 Å². The monoisotopic (exact) mass is 289 g/mol. The summed E-state index contributed by atoms with van der Waals surface area (Å²) in [5.41, 5.74) is -0.0197. The van der Waals surface area contributed by atoms with Gasteiger partial charge in [-0.2, -0.15) is 0 Å². The predicted octanol–water partition coefficient (Wildman–Crippen LogP) is 2.74. The first-order valence-corrected chi connectivity index (χ1v) is 5.59. The first-order chi connectivity index (χ1) is 7.45. The van der Waals surface area contributed by atoms with Crippen molar-refractivity contribution in [2.75, 3.05) is 7.11 Å². The fourth-order valence-electron chi connectivity index (χ4n) is 1.20. The highest BCUT2D eigenvalue weighted by Gasteiger charge is 2.15. The van der Waals surface area contributed by atoms with Crippen LogP contribution in [0.1, 0.15) is 24.2 Å². The number of amides is 1. The molecule has 88 valence electrons. The van der Waals surface area contributed by atoms with Gasteiger partial charge in [0.15, 0.2) is 0 Å². The van der Waals surface area contributed by atoms with Crippen molar-refractivity contribution in [2.24, 2.45) is 0 Å². The molecular formula is C11H13BrFNO2. The van der Waals surface area contributed by atoms with E-state index in [2.05, 4.69) is 21.2 Å². The Balaban J connectivity index is 3.08. The molecule has 1 aromatic rings. The second-order valence-corrected chi connectivity index (χ2v) is 4.45. The molecule has 0 atom stereocenters. The van der Waals surface area contributed by atoms with Crippen molar-refractivity contribution in [1.29, 1.82) is 0 Å². The van der Waals surface area contributed by atoms with Gasteiger partial charge in [-0.3, -0.25) is 4.79 Å². The van der Waals surface area contributed by atoms with Crippen LogP contribution in [0.3, 0.4) is 0 Å². The zero-order chi connectivity index (χ0) is 12.3. The Kier molecular flexibility index (Phi) is 4.29. The van der Waals surface area contributed by atoms with Crippen molar-refractivity contribution in [3.05, 3.63) is 28.0 Å². The quantitative estimate of drug-likeness (QED) is 0.929. The third-order valence-electron chi connectivity index (χ3n) is 1.91. The maximum Gasteiger partial charge on any atom is 0.254 e. The van der Waals surface area contributed by atoms with E-state index in [0.717, 1.165) is 0 Å². The molecule has 0 aliphatic heterocycles. The largest absolute Gasteiger partial charge is 0.496 e. The van der Waals surface area contributed by atoms with E-state index < -0.39 is 11.7 Å². The Morgan fingerprint density at radius 1 is 1.50 bits per heavy atom. The molecule has 3 nitrogen and oxygen atoms in total. The van der Waals surface area contributed by atoms with Crippen molar-refractivity contribution < 1.29 is 13.9 Å². The van der Waals surface area contributed by atoms with Crippen LogP contribution in [0.2, 0.25) is 0 Å². The average molecular weight is 290 g/mol. The molecule has 0 radical (unpaired) electrons. The number of hydrogen-bond acceptors (Lipinski definition) is 2. The van der Waals surface area contributed by atoms with E-state index in [1.807, 2.05) is 13.8 Å². The number of benzene rings is 1. The molecule has 1 rings (SSSR count). The topological polar surface area (TPSA) is 38.3 Å². The van der Waals surface area contributed by atoms with E-state index >= 15 is 0 Å². The van der Waals surface area contributed by atoms with Gasteiger partial charge in [0.05, 0.1) is 17.1 Å². The summed E-state index contributed by atoms with van der Waals surface area (Å²) in [7, 11) is 1.46. The van der Waals surface area contributed by atoms with Crippen LogP contribution >= 0.6 is 15.9 Å². The normalized spacial score (nSPS) is 10.4. The molecule has 16 heavy (non-hydrogen) atoms. The van der Waals surface area contributed by atoms with Crippen LogP contribution in [0.15, 0.2) is 16.6 Å². The van der Waals surface area contributed by atoms with Crippen LogP contribution in [0.4, 0.5) is 4.39 Å². The summed E-state index contributed by atoms with van der Waals surface area (Å²) in [5.74, 6) is -0.598. The van der Waals surface area contributed by atoms with E-state index in [1.165, 1.54) is 19.2 Å². The lowest BCUT2D eigenvalue weighted by molar-refractivity contribution is 0.0938. The van der Waals surface area contributed by atoms with Gasteiger partial charge in [-0.05, 0) is 41.9 Å². The Hall–Kier alpha value is -1.10. The van der Waals surface area contributed by atoms with Gasteiger partial charge in [-0.25, -0.2) is 4.39 Å². The summed E-state index contributed by atoms with van der Waals surface area (Å²) >= 11 is 3.14. The summed E-state index contributed by atoms with van der Waals surface area (Å²) in [6.07, 6.45) is 0. The van der Waals surface area contributed by atoms with Gasteiger partial charge in [0.2, 0.25) is 0 Å². The van der Waals surface area contributed by atoms with Gasteiger partial charge in [-0.1, -0.05) is 0 Å². The number of carbonyl (C=O) groups is 1. The van der Waals surface area contributed by atoms with Crippen LogP contribution in [0.25, 0.3) is 0 Å². The summed E-state index contributed by atoms with van der Waals surface area (Å²) in [4.78, 5) is 11.6. The van der Waals surface area contributed by atoms with Gasteiger partial charge in [-0.15, -0.1) is 0 Å². The lowest BCUT2D eigenvalue weighted by Crippen LogP contribution is -2.30. The maximum absolute atomic E-state index is 13.5. The fraction of sp³-hybridized carbons (Fsp3) is 0.364. The van der Waals surface area contributed by atoms with Crippen molar-refractivity contribution in [1.82, 2.24) is 5.32 Å². The van der Waals surface area contributed by atoms with Crippen molar-refractivity contribution in [2.45, 2.75) is 19.9 Å². The number of carbonyl (C=O) groups excluding carboxylic acids is 1. The van der Waals surface area contributed by atoms with E-state index in [0.29, 0.717) is 10.2 Å². The van der Waals surface area contributed by atoms with Crippen molar-refractivity contribution in [3.8, 4) is 5.75 Å². The lowest BCUT2D eigenvalue weighted by atomic mass is 10.1. The fourth-order valence-corrected chi connectivity index (χ4v) is 1.68. The van der Waals surface area contributed by atoms with E-state index in [9.17, 15) is 9.18 Å². The summed E-state index contributed by atoms with van der Waals surface area (Å²) in [6, 6.07) is 2.55. The number of methoxy groups -OCH3 is 1. The SMILES string of the molecule is COc1cc(C(=O)NC(C)C)c(F)cc1Br. The maximum atomic E-state index is 13.5. The molecule has 5 heteroatoms. The molecular weight excluding hydrogens is 277 g/mol. The average Bonchev–Trinajstić information content (AvgIpc) is 2.16. The van der Waals surface area contributed by atoms with Crippen LogP contribution in [-0.4, -0.2) is 19.1 Å². The van der Waals surface area contributed by atoms with Crippen molar-refractivity contribution >= 4 is 21.8 Å². The summed E-state index contributed by atoms with van der Waals surface area (Å²) in [6.45, 7) is 3.62. The number of nitrogens with one attached hydrogen (secondary N) is 1. The Morgan fingerprint density at radius 2 is 2.12 bits per heavy atom. The van der Waals surface area contributed by atoms with Crippen molar-refractivity contribution in [3.63, 3.8) is 0 Å². The van der Waals surface area contributed by atoms with Crippen LogP contribution < -0.4 is 10.1 Å². The number of hydrogen-bond donors (Lipinski definition) is 1. The molecule has 0 heterocycles. The molecule has 0 spiro atoms. The van der Waals surface area contributed by atoms with E-state index in [-0.39, 0.29) is 11.6 Å². The van der Waals surface area contributed by atoms with Gasteiger partial charge >= 0.3 is 0 Å². The zero-order valence-corrected chi connectivity index (χ0v) is 10.9. The molecule has 1 aromatic carbocycles. The van der Waals surface area contributed by atoms with Gasteiger partial charge in [0.25, 0.3) is 5.91 Å². The minimum absolute atomic E-state index is 0.0197. The first-order valence-electron chi connectivity index (χ1n) is 4.79.